The van der Waals surface area contributed by atoms with Crippen LogP contribution in [0.25, 0.3) is 4.13 Å². The Morgan fingerprint density at radius 2 is 1.48 bits per heavy atom. The minimum atomic E-state index is -6.31. The molecule has 33 heavy (non-hydrogen) atoms. The lowest BCUT2D eigenvalue weighted by Gasteiger charge is -2.33. The molecule has 2 atom stereocenters. The number of carbonyl (C=O) groups is 2. The molecule has 15 heteroatoms. The van der Waals surface area contributed by atoms with E-state index in [2.05, 4.69) is 4.18 Å². The van der Waals surface area contributed by atoms with Crippen molar-refractivity contribution in [2.45, 2.75) is 75.8 Å². The minimum absolute atomic E-state index is 0.357. The summed E-state index contributed by atoms with van der Waals surface area (Å²) in [6.45, 7) is 0.286. The first kappa shape index (κ1) is 27.8. The Hall–Kier alpha value is -1.45. The summed E-state index contributed by atoms with van der Waals surface area (Å²) in [7, 11) is -11.7. The summed E-state index contributed by atoms with van der Waals surface area (Å²) >= 11 is 0. The highest BCUT2D eigenvalue weighted by molar-refractivity contribution is 8.10. The van der Waals surface area contributed by atoms with Crippen molar-refractivity contribution in [3.8, 4) is 0 Å². The topological polar surface area (TPSA) is 144 Å². The molecule has 192 valence electrons. The van der Waals surface area contributed by atoms with Crippen LogP contribution in [-0.2, 0) is 43.6 Å². The molecule has 0 aromatic carbocycles. The van der Waals surface area contributed by atoms with Crippen molar-refractivity contribution in [3.05, 3.63) is 4.13 Å². The van der Waals surface area contributed by atoms with Gasteiger partial charge in [-0.1, -0.05) is 19.8 Å². The van der Waals surface area contributed by atoms with Gasteiger partial charge in [-0.15, -0.1) is 0 Å². The molecule has 2 fully saturated rings. The number of ether oxygens (including phenoxy) is 2. The van der Waals surface area contributed by atoms with Crippen molar-refractivity contribution in [3.63, 3.8) is 0 Å². The molecule has 0 radical (unpaired) electrons. The molecule has 0 N–H and O–H groups in total. The van der Waals surface area contributed by atoms with E-state index in [1.807, 2.05) is 6.92 Å². The van der Waals surface area contributed by atoms with E-state index in [1.54, 1.807) is 4.13 Å². The summed E-state index contributed by atoms with van der Waals surface area (Å²) in [4.78, 5) is 25.3. The van der Waals surface area contributed by atoms with Crippen LogP contribution < -0.4 is 0 Å². The van der Waals surface area contributed by atoms with Gasteiger partial charge in [0.2, 0.25) is 10.3 Å². The number of nitrogens with zero attached hydrogens (tertiary/aromatic N) is 1. The molecule has 2 rings (SSSR count). The van der Waals surface area contributed by atoms with Gasteiger partial charge in [-0.05, 0) is 44.9 Å². The standard InChI is InChI=1S/C18H27F3NO9S2/c1-2-17(9-5-6-10-17)31-16(24)14-8-4-3-7-13(14)15(23)29-11-12-30-33(27,28)22-32(25,26)18(19,20)21/h13-14H,2-12H2,1H3/q-1. The maximum atomic E-state index is 12.8. The van der Waals surface area contributed by atoms with Crippen LogP contribution in [0.1, 0.15) is 64.7 Å². The number of esters is 2. The smallest absolute Gasteiger partial charge is 0.463 e. The molecule has 0 aliphatic heterocycles. The first-order valence-corrected chi connectivity index (χ1v) is 13.4. The van der Waals surface area contributed by atoms with Gasteiger partial charge in [-0.2, -0.15) is 13.2 Å². The molecule has 0 amide bonds. The molecule has 0 aromatic rings. The van der Waals surface area contributed by atoms with Crippen LogP contribution >= 0.6 is 0 Å². The monoisotopic (exact) mass is 522 g/mol. The van der Waals surface area contributed by atoms with Gasteiger partial charge in [0, 0.05) is 0 Å². The number of sulfonamides is 1. The molecule has 2 unspecified atom stereocenters. The number of halogens is 3. The van der Waals surface area contributed by atoms with Crippen molar-refractivity contribution in [1.82, 2.24) is 0 Å². The zero-order valence-corrected chi connectivity index (χ0v) is 19.6. The zero-order valence-electron chi connectivity index (χ0n) is 18.0. The lowest BCUT2D eigenvalue weighted by Crippen LogP contribution is -2.40. The Bertz CT molecular complexity index is 913. The summed E-state index contributed by atoms with van der Waals surface area (Å²) in [5.74, 6) is -2.80. The van der Waals surface area contributed by atoms with Crippen molar-refractivity contribution in [2.24, 2.45) is 11.8 Å². The van der Waals surface area contributed by atoms with Gasteiger partial charge in [0.1, 0.15) is 12.2 Å². The van der Waals surface area contributed by atoms with Crippen LogP contribution in [-0.4, -0.2) is 53.1 Å². The SMILES string of the molecule is CCC1(OC(=O)C2CCCCC2C(=O)OCCOS(=O)(=O)[N-]S(=O)(=O)C(F)(F)F)CCCC1. The van der Waals surface area contributed by atoms with Crippen LogP contribution in [0.15, 0.2) is 0 Å². The van der Waals surface area contributed by atoms with Gasteiger partial charge >= 0.3 is 17.4 Å². The predicted octanol–water partition coefficient (Wildman–Crippen LogP) is 3.09. The molecule has 0 bridgehead atoms. The fourth-order valence-corrected chi connectivity index (χ4v) is 5.85. The van der Waals surface area contributed by atoms with E-state index in [-0.39, 0.29) is 0 Å². The molecule has 10 nitrogen and oxygen atoms in total. The van der Waals surface area contributed by atoms with Crippen LogP contribution in [0.3, 0.4) is 0 Å². The molecule has 0 aromatic heterocycles. The Morgan fingerprint density at radius 1 is 0.939 bits per heavy atom. The van der Waals surface area contributed by atoms with Crippen molar-refractivity contribution < 1.29 is 53.3 Å². The number of hydrogen-bond donors (Lipinski definition) is 0. The van der Waals surface area contributed by atoms with E-state index in [1.165, 1.54) is 0 Å². The zero-order chi connectivity index (χ0) is 24.9. The highest BCUT2D eigenvalue weighted by atomic mass is 32.3. The molecule has 0 heterocycles. The second-order valence-electron chi connectivity index (χ2n) is 8.07. The molecular weight excluding hydrogens is 495 g/mol. The first-order valence-electron chi connectivity index (χ1n) is 10.6. The molecule has 2 aliphatic rings. The average Bonchev–Trinajstić information content (AvgIpc) is 3.18. The fraction of sp³-hybridized carbons (Fsp3) is 0.889. The Labute approximate surface area is 190 Å². The quantitative estimate of drug-likeness (QED) is 0.312. The van der Waals surface area contributed by atoms with E-state index in [0.29, 0.717) is 25.7 Å². The van der Waals surface area contributed by atoms with Crippen LogP contribution in [0, 0.1) is 11.8 Å². The van der Waals surface area contributed by atoms with E-state index in [9.17, 15) is 39.6 Å². The van der Waals surface area contributed by atoms with Gasteiger partial charge in [0.15, 0.2) is 10.0 Å². The predicted molar refractivity (Wildman–Crippen MR) is 107 cm³/mol. The van der Waals surface area contributed by atoms with Gasteiger partial charge in [-0.25, -0.2) is 16.8 Å². The molecule has 2 aliphatic carbocycles. The largest absolute Gasteiger partial charge is 0.480 e. The highest BCUT2D eigenvalue weighted by Crippen LogP contribution is 2.39. The Balaban J connectivity index is 1.88. The summed E-state index contributed by atoms with van der Waals surface area (Å²) < 4.78 is 97.5. The molecule has 2 saturated carbocycles. The first-order chi connectivity index (χ1) is 15.2. The molecular formula is C18H27F3NO9S2-. The third-order valence-electron chi connectivity index (χ3n) is 5.89. The average molecular weight is 523 g/mol. The maximum Gasteiger partial charge on any atom is 0.480 e. The summed E-state index contributed by atoms with van der Waals surface area (Å²) in [6, 6.07) is 0. The van der Waals surface area contributed by atoms with Crippen molar-refractivity contribution in [2.75, 3.05) is 13.2 Å². The van der Waals surface area contributed by atoms with Crippen LogP contribution in [0.2, 0.25) is 0 Å². The third-order valence-corrected chi connectivity index (χ3v) is 8.45. The molecule has 0 saturated heterocycles. The second-order valence-corrected chi connectivity index (χ2v) is 11.2. The number of hydrogen-bond acceptors (Lipinski definition) is 9. The van der Waals surface area contributed by atoms with E-state index in [0.717, 1.165) is 32.1 Å². The van der Waals surface area contributed by atoms with Gasteiger partial charge in [0.05, 0.1) is 18.4 Å². The van der Waals surface area contributed by atoms with E-state index >= 15 is 0 Å². The minimum Gasteiger partial charge on any atom is -0.463 e. The summed E-state index contributed by atoms with van der Waals surface area (Å²) in [5, 5.41) is 0. The maximum absolute atomic E-state index is 12.8. The van der Waals surface area contributed by atoms with Crippen LogP contribution in [0.4, 0.5) is 13.2 Å². The van der Waals surface area contributed by atoms with E-state index in [4.69, 9.17) is 9.47 Å². The van der Waals surface area contributed by atoms with E-state index < -0.39 is 68.4 Å². The molecule has 0 spiro atoms. The Kier molecular flexibility index (Phi) is 9.15. The van der Waals surface area contributed by atoms with Gasteiger partial charge in [0.25, 0.3) is 0 Å². The summed E-state index contributed by atoms with van der Waals surface area (Å²) in [6.07, 6.45) is 6.28. The Morgan fingerprint density at radius 3 is 2.00 bits per heavy atom. The van der Waals surface area contributed by atoms with Gasteiger partial charge < -0.3 is 13.6 Å². The highest BCUT2D eigenvalue weighted by Gasteiger charge is 2.43. The van der Waals surface area contributed by atoms with Crippen LogP contribution in [0.5, 0.6) is 0 Å². The normalized spacial score (nSPS) is 23.8. The van der Waals surface area contributed by atoms with Crippen molar-refractivity contribution in [1.29, 1.82) is 0 Å². The lowest BCUT2D eigenvalue weighted by atomic mass is 9.79. The summed E-state index contributed by atoms with van der Waals surface area (Å²) in [5.41, 5.74) is -6.43. The second kappa shape index (κ2) is 10.9. The van der Waals surface area contributed by atoms with Gasteiger partial charge in [-0.3, -0.25) is 13.8 Å². The number of carbonyl (C=O) groups excluding carboxylic acids is 2. The number of alkyl halides is 3. The fourth-order valence-electron chi connectivity index (χ4n) is 4.10. The van der Waals surface area contributed by atoms with Crippen molar-refractivity contribution >= 4 is 32.3 Å². The number of rotatable bonds is 10. The third kappa shape index (κ3) is 7.52. The lowest BCUT2D eigenvalue weighted by molar-refractivity contribution is -0.174.